The van der Waals surface area contributed by atoms with Gasteiger partial charge in [-0.3, -0.25) is 0 Å². The number of alkyl halides is 3. The van der Waals surface area contributed by atoms with Crippen LogP contribution in [0.2, 0.25) is 0 Å². The average Bonchev–Trinajstić information content (AvgIpc) is 2.38. The quantitative estimate of drug-likeness (QED) is 0.900. The number of piperidine rings is 1. The first-order valence-electron chi connectivity index (χ1n) is 5.98. The van der Waals surface area contributed by atoms with E-state index < -0.39 is 11.7 Å². The lowest BCUT2D eigenvalue weighted by Gasteiger charge is -2.26. The number of benzene rings is 1. The van der Waals surface area contributed by atoms with Crippen LogP contribution >= 0.6 is 12.4 Å². The molecular formula is C13H17ClF3NO. The topological polar surface area (TPSA) is 21.3 Å². The largest absolute Gasteiger partial charge is 0.497 e. The first kappa shape index (κ1) is 16.1. The first-order valence-corrected chi connectivity index (χ1v) is 5.98. The normalized spacial score (nSPS) is 19.7. The third kappa shape index (κ3) is 3.76. The van der Waals surface area contributed by atoms with Crippen LogP contribution < -0.4 is 10.1 Å². The van der Waals surface area contributed by atoms with Crippen LogP contribution in [-0.2, 0) is 6.18 Å². The van der Waals surface area contributed by atoms with Crippen molar-refractivity contribution in [2.45, 2.75) is 24.9 Å². The summed E-state index contributed by atoms with van der Waals surface area (Å²) in [6, 6.07) is 4.22. The van der Waals surface area contributed by atoms with Crippen molar-refractivity contribution in [1.82, 2.24) is 5.32 Å². The second-order valence-electron chi connectivity index (χ2n) is 4.49. The minimum atomic E-state index is -4.33. The van der Waals surface area contributed by atoms with Gasteiger partial charge in [0.1, 0.15) is 5.75 Å². The Balaban J connectivity index is 0.00000180. The predicted octanol–water partition coefficient (Wildman–Crippen LogP) is 3.60. The molecule has 2 nitrogen and oxygen atoms in total. The second-order valence-corrected chi connectivity index (χ2v) is 4.49. The Morgan fingerprint density at radius 1 is 1.32 bits per heavy atom. The van der Waals surface area contributed by atoms with Crippen molar-refractivity contribution in [2.75, 3.05) is 20.2 Å². The highest BCUT2D eigenvalue weighted by Gasteiger charge is 2.35. The third-order valence-electron chi connectivity index (χ3n) is 3.30. The van der Waals surface area contributed by atoms with E-state index >= 15 is 0 Å². The van der Waals surface area contributed by atoms with E-state index in [0.29, 0.717) is 12.1 Å². The standard InChI is InChI=1S/C13H16F3NO.ClH/c1-18-10-4-5-11(9-3-2-6-17-8-9)12(7-10)13(14,15)16;/h4-5,7,9,17H,2-3,6,8H2,1H3;1H. The van der Waals surface area contributed by atoms with Gasteiger partial charge in [-0.05, 0) is 43.0 Å². The Kier molecular flexibility index (Phi) is 5.50. The molecule has 1 heterocycles. The van der Waals surface area contributed by atoms with Crippen molar-refractivity contribution in [3.63, 3.8) is 0 Å². The van der Waals surface area contributed by atoms with Gasteiger partial charge in [0.15, 0.2) is 0 Å². The summed E-state index contributed by atoms with van der Waals surface area (Å²) in [5.41, 5.74) is -0.203. The fourth-order valence-corrected chi connectivity index (χ4v) is 2.38. The lowest BCUT2D eigenvalue weighted by molar-refractivity contribution is -0.138. The number of methoxy groups -OCH3 is 1. The summed E-state index contributed by atoms with van der Waals surface area (Å²) in [5, 5.41) is 3.14. The van der Waals surface area contributed by atoms with Gasteiger partial charge < -0.3 is 10.1 Å². The number of rotatable bonds is 2. The molecule has 0 spiro atoms. The molecule has 1 saturated heterocycles. The van der Waals surface area contributed by atoms with Crippen molar-refractivity contribution in [3.8, 4) is 5.75 Å². The minimum absolute atomic E-state index is 0. The Hall–Kier alpha value is -0.940. The number of hydrogen-bond donors (Lipinski definition) is 1. The van der Waals surface area contributed by atoms with E-state index in [0.717, 1.165) is 25.5 Å². The molecule has 1 N–H and O–H groups in total. The maximum atomic E-state index is 13.0. The number of ether oxygens (including phenoxy) is 1. The summed E-state index contributed by atoms with van der Waals surface area (Å²) < 4.78 is 44.0. The SMILES string of the molecule is COc1ccc(C2CCCNC2)c(C(F)(F)F)c1.Cl. The lowest BCUT2D eigenvalue weighted by Crippen LogP contribution is -2.29. The van der Waals surface area contributed by atoms with Gasteiger partial charge in [0.05, 0.1) is 12.7 Å². The van der Waals surface area contributed by atoms with Crippen LogP contribution in [0.3, 0.4) is 0 Å². The maximum Gasteiger partial charge on any atom is 0.416 e. The summed E-state index contributed by atoms with van der Waals surface area (Å²) >= 11 is 0. The van der Waals surface area contributed by atoms with Crippen molar-refractivity contribution in [1.29, 1.82) is 0 Å². The zero-order valence-corrected chi connectivity index (χ0v) is 11.4. The Morgan fingerprint density at radius 2 is 2.05 bits per heavy atom. The highest BCUT2D eigenvalue weighted by atomic mass is 35.5. The molecule has 1 aliphatic heterocycles. The van der Waals surface area contributed by atoms with Gasteiger partial charge in [-0.25, -0.2) is 0 Å². The van der Waals surface area contributed by atoms with Crippen LogP contribution in [0, 0.1) is 0 Å². The fourth-order valence-electron chi connectivity index (χ4n) is 2.38. The maximum absolute atomic E-state index is 13.0. The van der Waals surface area contributed by atoms with Crippen LogP contribution in [-0.4, -0.2) is 20.2 Å². The minimum Gasteiger partial charge on any atom is -0.497 e. The van der Waals surface area contributed by atoms with Gasteiger partial charge >= 0.3 is 6.18 Å². The van der Waals surface area contributed by atoms with E-state index in [4.69, 9.17) is 4.74 Å². The molecule has 2 rings (SSSR count). The van der Waals surface area contributed by atoms with Crippen LogP contribution in [0.25, 0.3) is 0 Å². The van der Waals surface area contributed by atoms with Crippen molar-refractivity contribution >= 4 is 12.4 Å². The zero-order valence-electron chi connectivity index (χ0n) is 10.6. The molecular weight excluding hydrogens is 279 g/mol. The molecule has 1 atom stereocenters. The predicted molar refractivity (Wildman–Crippen MR) is 70.1 cm³/mol. The fraction of sp³-hybridized carbons (Fsp3) is 0.538. The van der Waals surface area contributed by atoms with E-state index in [2.05, 4.69) is 5.32 Å². The van der Waals surface area contributed by atoms with Gasteiger partial charge in [-0.15, -0.1) is 12.4 Å². The molecule has 0 bridgehead atoms. The molecule has 1 unspecified atom stereocenters. The van der Waals surface area contributed by atoms with Crippen molar-refractivity contribution in [3.05, 3.63) is 29.3 Å². The van der Waals surface area contributed by atoms with Crippen molar-refractivity contribution < 1.29 is 17.9 Å². The van der Waals surface area contributed by atoms with Gasteiger partial charge in [0, 0.05) is 6.54 Å². The van der Waals surface area contributed by atoms with Crippen LogP contribution in [0.5, 0.6) is 5.75 Å². The number of halogens is 4. The zero-order chi connectivity index (χ0) is 13.2. The molecule has 0 saturated carbocycles. The number of hydrogen-bond acceptors (Lipinski definition) is 2. The highest BCUT2D eigenvalue weighted by Crippen LogP contribution is 2.38. The van der Waals surface area contributed by atoms with Crippen LogP contribution in [0.4, 0.5) is 13.2 Å². The second kappa shape index (κ2) is 6.48. The summed E-state index contributed by atoms with van der Waals surface area (Å²) in [6.45, 7) is 1.49. The molecule has 19 heavy (non-hydrogen) atoms. The molecule has 0 amide bonds. The summed E-state index contributed by atoms with van der Waals surface area (Å²) in [4.78, 5) is 0. The summed E-state index contributed by atoms with van der Waals surface area (Å²) in [6.07, 6.45) is -2.63. The molecule has 1 aromatic rings. The molecule has 0 aliphatic carbocycles. The smallest absolute Gasteiger partial charge is 0.416 e. The molecule has 1 aromatic carbocycles. The monoisotopic (exact) mass is 295 g/mol. The Labute approximate surface area is 116 Å². The summed E-state index contributed by atoms with van der Waals surface area (Å²) in [7, 11) is 1.37. The average molecular weight is 296 g/mol. The lowest BCUT2D eigenvalue weighted by atomic mass is 9.88. The Bertz CT molecular complexity index is 417. The van der Waals surface area contributed by atoms with E-state index in [1.165, 1.54) is 7.11 Å². The molecule has 1 aliphatic rings. The van der Waals surface area contributed by atoms with E-state index in [-0.39, 0.29) is 24.1 Å². The third-order valence-corrected chi connectivity index (χ3v) is 3.30. The molecule has 6 heteroatoms. The van der Waals surface area contributed by atoms with Gasteiger partial charge in [0.2, 0.25) is 0 Å². The van der Waals surface area contributed by atoms with Crippen LogP contribution in [0.15, 0.2) is 18.2 Å². The molecule has 0 aromatic heterocycles. The van der Waals surface area contributed by atoms with Gasteiger partial charge in [0.25, 0.3) is 0 Å². The van der Waals surface area contributed by atoms with Crippen LogP contribution in [0.1, 0.15) is 29.9 Å². The molecule has 0 radical (unpaired) electrons. The van der Waals surface area contributed by atoms with E-state index in [9.17, 15) is 13.2 Å². The first-order chi connectivity index (χ1) is 8.52. The molecule has 1 fully saturated rings. The Morgan fingerprint density at radius 3 is 2.58 bits per heavy atom. The van der Waals surface area contributed by atoms with Crippen molar-refractivity contribution in [2.24, 2.45) is 0 Å². The highest BCUT2D eigenvalue weighted by molar-refractivity contribution is 5.85. The molecule has 108 valence electrons. The summed E-state index contributed by atoms with van der Waals surface area (Å²) in [5.74, 6) is 0.177. The van der Waals surface area contributed by atoms with E-state index in [1.54, 1.807) is 12.1 Å². The van der Waals surface area contributed by atoms with E-state index in [1.807, 2.05) is 0 Å². The van der Waals surface area contributed by atoms with Gasteiger partial charge in [-0.2, -0.15) is 13.2 Å². The number of nitrogens with one attached hydrogen (secondary N) is 1. The van der Waals surface area contributed by atoms with Gasteiger partial charge in [-0.1, -0.05) is 6.07 Å².